The minimum Gasteiger partial charge on any atom is -0.316 e. The highest BCUT2D eigenvalue weighted by Crippen LogP contribution is 2.17. The van der Waals surface area contributed by atoms with Gasteiger partial charge in [-0.25, -0.2) is 0 Å². The number of Topliss-reactive ketones (excluding diaryl/α,β-unsaturated/α-hetero) is 1. The van der Waals surface area contributed by atoms with Gasteiger partial charge in [0.25, 0.3) is 0 Å². The van der Waals surface area contributed by atoms with Gasteiger partial charge in [-0.05, 0) is 43.8 Å². The molecule has 0 saturated carbocycles. The predicted molar refractivity (Wildman–Crippen MR) is 70.4 cm³/mol. The molecule has 1 N–H and O–H groups in total. The summed E-state index contributed by atoms with van der Waals surface area (Å²) in [5.41, 5.74) is 2.16. The third kappa shape index (κ3) is 3.40. The van der Waals surface area contributed by atoms with E-state index in [1.807, 2.05) is 12.1 Å². The van der Waals surface area contributed by atoms with Gasteiger partial charge in [0.15, 0.2) is 5.78 Å². The Balaban J connectivity index is 1.93. The molecule has 0 amide bonds. The van der Waals surface area contributed by atoms with E-state index in [0.717, 1.165) is 25.1 Å². The maximum absolute atomic E-state index is 12.1. The van der Waals surface area contributed by atoms with Crippen LogP contribution in [0.2, 0.25) is 0 Å². The van der Waals surface area contributed by atoms with Crippen LogP contribution in [0.4, 0.5) is 0 Å². The molecular weight excluding hydrogens is 210 g/mol. The lowest BCUT2D eigenvalue weighted by Gasteiger charge is -2.21. The second-order valence-corrected chi connectivity index (χ2v) is 4.89. The first-order valence-corrected chi connectivity index (χ1v) is 6.62. The van der Waals surface area contributed by atoms with E-state index in [0.29, 0.717) is 18.1 Å². The molecular formula is C15H21NO. The average molecular weight is 231 g/mol. The molecule has 0 aliphatic carbocycles. The van der Waals surface area contributed by atoms with Gasteiger partial charge in [0.2, 0.25) is 0 Å². The van der Waals surface area contributed by atoms with E-state index in [1.165, 1.54) is 18.4 Å². The van der Waals surface area contributed by atoms with Gasteiger partial charge < -0.3 is 5.32 Å². The zero-order valence-corrected chi connectivity index (χ0v) is 10.5. The fourth-order valence-corrected chi connectivity index (χ4v) is 2.40. The van der Waals surface area contributed by atoms with Gasteiger partial charge in [0, 0.05) is 12.0 Å². The number of ketones is 1. The third-order valence-corrected chi connectivity index (χ3v) is 3.56. The maximum Gasteiger partial charge on any atom is 0.163 e. The number of carbonyl (C=O) groups excluding carboxylic acids is 1. The molecule has 1 aliphatic heterocycles. The highest BCUT2D eigenvalue weighted by molar-refractivity contribution is 5.96. The molecule has 1 heterocycles. The fourth-order valence-electron chi connectivity index (χ4n) is 2.40. The Morgan fingerprint density at radius 2 is 2.12 bits per heavy atom. The fraction of sp³-hybridized carbons (Fsp3) is 0.533. The number of hydrogen-bond acceptors (Lipinski definition) is 2. The van der Waals surface area contributed by atoms with Crippen molar-refractivity contribution in [3.8, 4) is 0 Å². The van der Waals surface area contributed by atoms with E-state index in [9.17, 15) is 4.79 Å². The normalized spacial score (nSPS) is 20.2. The zero-order valence-electron chi connectivity index (χ0n) is 10.5. The van der Waals surface area contributed by atoms with Crippen LogP contribution in [0, 0.1) is 5.92 Å². The molecule has 17 heavy (non-hydrogen) atoms. The van der Waals surface area contributed by atoms with E-state index in [4.69, 9.17) is 0 Å². The molecule has 0 spiro atoms. The lowest BCUT2D eigenvalue weighted by atomic mass is 9.91. The van der Waals surface area contributed by atoms with Crippen LogP contribution in [0.25, 0.3) is 0 Å². The number of aryl methyl sites for hydroxylation is 1. The van der Waals surface area contributed by atoms with Crippen molar-refractivity contribution in [1.29, 1.82) is 0 Å². The number of carbonyl (C=O) groups is 1. The van der Waals surface area contributed by atoms with Crippen molar-refractivity contribution < 1.29 is 4.79 Å². The predicted octanol–water partition coefficient (Wildman–Crippen LogP) is 2.82. The highest BCUT2D eigenvalue weighted by Gasteiger charge is 2.17. The molecule has 1 aromatic carbocycles. The van der Waals surface area contributed by atoms with Crippen molar-refractivity contribution in [3.05, 3.63) is 35.4 Å². The SMILES string of the molecule is CCc1ccc(C(=O)CC2CCCNC2)cc1. The second kappa shape index (κ2) is 5.97. The third-order valence-electron chi connectivity index (χ3n) is 3.56. The van der Waals surface area contributed by atoms with E-state index < -0.39 is 0 Å². The van der Waals surface area contributed by atoms with Crippen LogP contribution in [0.5, 0.6) is 0 Å². The van der Waals surface area contributed by atoms with Crippen molar-refractivity contribution in [2.45, 2.75) is 32.6 Å². The van der Waals surface area contributed by atoms with Crippen LogP contribution in [0.15, 0.2) is 24.3 Å². The Hall–Kier alpha value is -1.15. The number of hydrogen-bond donors (Lipinski definition) is 1. The second-order valence-electron chi connectivity index (χ2n) is 4.89. The Labute approximate surface area is 103 Å². The van der Waals surface area contributed by atoms with Crippen LogP contribution < -0.4 is 5.32 Å². The molecule has 2 nitrogen and oxygen atoms in total. The molecule has 1 aliphatic rings. The molecule has 2 rings (SSSR count). The molecule has 0 bridgehead atoms. The van der Waals surface area contributed by atoms with Crippen LogP contribution in [0.1, 0.15) is 42.1 Å². The molecule has 0 aromatic heterocycles. The molecule has 0 radical (unpaired) electrons. The number of nitrogens with one attached hydrogen (secondary N) is 1. The van der Waals surface area contributed by atoms with Crippen LogP contribution in [0.3, 0.4) is 0 Å². The monoisotopic (exact) mass is 231 g/mol. The Morgan fingerprint density at radius 1 is 1.35 bits per heavy atom. The maximum atomic E-state index is 12.1. The van der Waals surface area contributed by atoms with E-state index in [2.05, 4.69) is 24.4 Å². The first kappa shape index (κ1) is 12.3. The number of piperidine rings is 1. The van der Waals surface area contributed by atoms with E-state index in [1.54, 1.807) is 0 Å². The average Bonchev–Trinajstić information content (AvgIpc) is 2.40. The summed E-state index contributed by atoms with van der Waals surface area (Å²) < 4.78 is 0. The first-order chi connectivity index (χ1) is 8.29. The lowest BCUT2D eigenvalue weighted by molar-refractivity contribution is 0.0954. The summed E-state index contributed by atoms with van der Waals surface area (Å²) in [5.74, 6) is 0.823. The van der Waals surface area contributed by atoms with Crippen LogP contribution in [-0.4, -0.2) is 18.9 Å². The number of rotatable bonds is 4. The van der Waals surface area contributed by atoms with Gasteiger partial charge in [-0.3, -0.25) is 4.79 Å². The summed E-state index contributed by atoms with van der Waals surface area (Å²) in [6.07, 6.45) is 4.11. The van der Waals surface area contributed by atoms with Crippen molar-refractivity contribution in [3.63, 3.8) is 0 Å². The van der Waals surface area contributed by atoms with Gasteiger partial charge in [0.05, 0.1) is 0 Å². The first-order valence-electron chi connectivity index (χ1n) is 6.62. The van der Waals surface area contributed by atoms with Gasteiger partial charge in [-0.15, -0.1) is 0 Å². The Kier molecular flexibility index (Phi) is 4.32. The lowest BCUT2D eigenvalue weighted by Crippen LogP contribution is -2.31. The minimum absolute atomic E-state index is 0.293. The molecule has 1 atom stereocenters. The van der Waals surface area contributed by atoms with Gasteiger partial charge in [-0.1, -0.05) is 31.2 Å². The largest absolute Gasteiger partial charge is 0.316 e. The summed E-state index contributed by atoms with van der Waals surface area (Å²) in [6.45, 7) is 4.24. The summed E-state index contributed by atoms with van der Waals surface area (Å²) in [4.78, 5) is 12.1. The standard InChI is InChI=1S/C15H21NO/c1-2-12-5-7-14(8-6-12)15(17)10-13-4-3-9-16-11-13/h5-8,13,16H,2-4,9-11H2,1H3. The molecule has 1 aromatic rings. The van der Waals surface area contributed by atoms with Crippen LogP contribution >= 0.6 is 0 Å². The summed E-state index contributed by atoms with van der Waals surface area (Å²) in [6, 6.07) is 8.06. The molecule has 1 fully saturated rings. The Morgan fingerprint density at radius 3 is 2.71 bits per heavy atom. The van der Waals surface area contributed by atoms with Gasteiger partial charge in [-0.2, -0.15) is 0 Å². The van der Waals surface area contributed by atoms with E-state index >= 15 is 0 Å². The summed E-state index contributed by atoms with van der Waals surface area (Å²) in [7, 11) is 0. The quantitative estimate of drug-likeness (QED) is 0.807. The molecule has 92 valence electrons. The topological polar surface area (TPSA) is 29.1 Å². The zero-order chi connectivity index (χ0) is 12.1. The van der Waals surface area contributed by atoms with Gasteiger partial charge >= 0.3 is 0 Å². The molecule has 2 heteroatoms. The highest BCUT2D eigenvalue weighted by atomic mass is 16.1. The van der Waals surface area contributed by atoms with Crippen molar-refractivity contribution >= 4 is 5.78 Å². The van der Waals surface area contributed by atoms with E-state index in [-0.39, 0.29) is 0 Å². The number of benzene rings is 1. The minimum atomic E-state index is 0.293. The van der Waals surface area contributed by atoms with Crippen molar-refractivity contribution in [2.75, 3.05) is 13.1 Å². The van der Waals surface area contributed by atoms with Crippen LogP contribution in [-0.2, 0) is 6.42 Å². The summed E-state index contributed by atoms with van der Waals surface area (Å²) in [5, 5.41) is 3.36. The van der Waals surface area contributed by atoms with Crippen molar-refractivity contribution in [1.82, 2.24) is 5.32 Å². The van der Waals surface area contributed by atoms with Crippen molar-refractivity contribution in [2.24, 2.45) is 5.92 Å². The molecule has 1 unspecified atom stereocenters. The van der Waals surface area contributed by atoms with Gasteiger partial charge in [0.1, 0.15) is 0 Å². The summed E-state index contributed by atoms with van der Waals surface area (Å²) >= 11 is 0. The molecule has 1 saturated heterocycles. The smallest absolute Gasteiger partial charge is 0.163 e. The Bertz CT molecular complexity index is 363.